The number of ether oxygens (including phenoxy) is 2. The Hall–Kier alpha value is -3.05. The van der Waals surface area contributed by atoms with Crippen molar-refractivity contribution in [3.8, 4) is 11.5 Å². The van der Waals surface area contributed by atoms with Crippen molar-refractivity contribution in [3.05, 3.63) is 52.6 Å². The molecule has 10 nitrogen and oxygen atoms in total. The van der Waals surface area contributed by atoms with Crippen LogP contribution in [0.2, 0.25) is 10.0 Å². The van der Waals surface area contributed by atoms with Crippen molar-refractivity contribution in [2.75, 3.05) is 43.5 Å². The lowest BCUT2D eigenvalue weighted by Gasteiger charge is -2.25. The highest BCUT2D eigenvalue weighted by Crippen LogP contribution is 2.35. The summed E-state index contributed by atoms with van der Waals surface area (Å²) in [4.78, 5) is 15.2. The molecule has 3 heterocycles. The van der Waals surface area contributed by atoms with Gasteiger partial charge in [-0.25, -0.2) is 9.97 Å². The van der Waals surface area contributed by atoms with Crippen molar-refractivity contribution >= 4 is 64.0 Å². The van der Waals surface area contributed by atoms with Gasteiger partial charge in [-0.05, 0) is 29.4 Å². The van der Waals surface area contributed by atoms with E-state index in [9.17, 15) is 0 Å². The molecule has 2 N–H and O–H groups in total. The molecule has 184 valence electrons. The Balaban J connectivity index is 0.00000289. The van der Waals surface area contributed by atoms with E-state index in [1.54, 1.807) is 25.3 Å². The number of aromatic nitrogens is 4. The highest BCUT2D eigenvalue weighted by molar-refractivity contribution is 6.42. The molecule has 1 saturated heterocycles. The van der Waals surface area contributed by atoms with Crippen LogP contribution in [0.4, 0.5) is 17.5 Å². The van der Waals surface area contributed by atoms with Crippen LogP contribution < -0.4 is 25.0 Å². The van der Waals surface area contributed by atoms with Crippen LogP contribution in [-0.4, -0.2) is 53.4 Å². The summed E-state index contributed by atoms with van der Waals surface area (Å²) in [6.07, 6.45) is 1.47. The molecule has 4 aromatic rings. The first kappa shape index (κ1) is 25.1. The molecule has 13 heteroatoms. The van der Waals surface area contributed by atoms with E-state index in [1.165, 1.54) is 6.33 Å². The Morgan fingerprint density at radius 2 is 1.91 bits per heavy atom. The summed E-state index contributed by atoms with van der Waals surface area (Å²) in [5.74, 6) is 2.54. The van der Waals surface area contributed by atoms with Crippen LogP contribution in [0.3, 0.4) is 0 Å². The summed E-state index contributed by atoms with van der Waals surface area (Å²) >= 11 is 12.1. The van der Waals surface area contributed by atoms with Gasteiger partial charge in [0, 0.05) is 43.3 Å². The van der Waals surface area contributed by atoms with Crippen molar-refractivity contribution in [2.24, 2.45) is 0 Å². The number of hydrogen-bond donors (Lipinski definition) is 2. The summed E-state index contributed by atoms with van der Waals surface area (Å²) < 4.78 is 16.9. The first-order chi connectivity index (χ1) is 16.6. The van der Waals surface area contributed by atoms with Gasteiger partial charge in [0.1, 0.15) is 12.1 Å². The number of nitrogens with one attached hydrogen (secondary N) is 2. The second-order valence-corrected chi connectivity index (χ2v) is 8.32. The Morgan fingerprint density at radius 1 is 1.09 bits per heavy atom. The number of benzene rings is 2. The number of nitrogens with zero attached hydrogens (tertiary/aromatic N) is 5. The third kappa shape index (κ3) is 5.62. The van der Waals surface area contributed by atoms with Gasteiger partial charge in [-0.1, -0.05) is 23.2 Å². The molecular formula is C22H22Cl3N7O3. The van der Waals surface area contributed by atoms with E-state index in [4.69, 9.17) is 37.2 Å². The Kier molecular flexibility index (Phi) is 7.97. The maximum Gasteiger partial charge on any atom is 0.266 e. The fourth-order valence-electron chi connectivity index (χ4n) is 3.58. The molecule has 1 fully saturated rings. The third-order valence-corrected chi connectivity index (χ3v) is 6.05. The van der Waals surface area contributed by atoms with Gasteiger partial charge in [-0.3, -0.25) is 0 Å². The lowest BCUT2D eigenvalue weighted by molar-refractivity contribution is 0.233. The topological polar surface area (TPSA) is 110 Å². The third-order valence-electron chi connectivity index (χ3n) is 5.31. The van der Waals surface area contributed by atoms with Gasteiger partial charge in [-0.15, -0.1) is 12.4 Å². The SMILES string of the molecule is COc1cc2c(Nc3ccc(Cl)c(Cl)c3)ncnc2cc1OCc1nc(N2CCNCC2)no1.Cl. The summed E-state index contributed by atoms with van der Waals surface area (Å²) in [6.45, 7) is 3.53. The Labute approximate surface area is 217 Å². The molecule has 1 aliphatic heterocycles. The number of piperazine rings is 1. The van der Waals surface area contributed by atoms with Gasteiger partial charge in [0.05, 0.1) is 22.7 Å². The van der Waals surface area contributed by atoms with E-state index in [2.05, 4.69) is 35.6 Å². The van der Waals surface area contributed by atoms with Crippen molar-refractivity contribution in [1.82, 2.24) is 25.4 Å². The second kappa shape index (κ2) is 11.1. The molecule has 0 spiro atoms. The first-order valence-corrected chi connectivity index (χ1v) is 11.3. The van der Waals surface area contributed by atoms with Crippen molar-refractivity contribution in [3.63, 3.8) is 0 Å². The molecule has 0 amide bonds. The zero-order chi connectivity index (χ0) is 23.5. The molecule has 0 radical (unpaired) electrons. The van der Waals surface area contributed by atoms with Gasteiger partial charge >= 0.3 is 0 Å². The predicted molar refractivity (Wildman–Crippen MR) is 137 cm³/mol. The van der Waals surface area contributed by atoms with E-state index in [0.29, 0.717) is 44.7 Å². The highest BCUT2D eigenvalue weighted by Gasteiger charge is 2.18. The minimum atomic E-state index is 0. The lowest BCUT2D eigenvalue weighted by atomic mass is 10.2. The van der Waals surface area contributed by atoms with E-state index < -0.39 is 0 Å². The van der Waals surface area contributed by atoms with Crippen LogP contribution >= 0.6 is 35.6 Å². The first-order valence-electron chi connectivity index (χ1n) is 10.6. The Morgan fingerprint density at radius 3 is 2.69 bits per heavy atom. The van der Waals surface area contributed by atoms with Gasteiger partial charge < -0.3 is 29.5 Å². The maximum atomic E-state index is 6.13. The van der Waals surface area contributed by atoms with Crippen LogP contribution in [0, 0.1) is 0 Å². The molecule has 0 aliphatic carbocycles. The molecule has 0 saturated carbocycles. The molecule has 2 aromatic carbocycles. The smallest absolute Gasteiger partial charge is 0.266 e. The summed E-state index contributed by atoms with van der Waals surface area (Å²) in [5.41, 5.74) is 1.41. The number of methoxy groups -OCH3 is 1. The van der Waals surface area contributed by atoms with Crippen LogP contribution in [-0.2, 0) is 6.61 Å². The predicted octanol–water partition coefficient (Wildman–Crippen LogP) is 4.48. The molecular weight excluding hydrogens is 517 g/mol. The zero-order valence-corrected chi connectivity index (χ0v) is 21.0. The maximum absolute atomic E-state index is 6.13. The lowest BCUT2D eigenvalue weighted by Crippen LogP contribution is -2.44. The van der Waals surface area contributed by atoms with Gasteiger partial charge in [0.15, 0.2) is 18.1 Å². The van der Waals surface area contributed by atoms with Crippen LogP contribution in [0.25, 0.3) is 10.9 Å². The van der Waals surface area contributed by atoms with Gasteiger partial charge in [-0.2, -0.15) is 4.98 Å². The van der Waals surface area contributed by atoms with E-state index in [-0.39, 0.29) is 19.0 Å². The molecule has 0 unspecified atom stereocenters. The second-order valence-electron chi connectivity index (χ2n) is 7.51. The molecule has 5 rings (SSSR count). The van der Waals surface area contributed by atoms with Crippen molar-refractivity contribution in [2.45, 2.75) is 6.61 Å². The number of rotatable bonds is 7. The molecule has 35 heavy (non-hydrogen) atoms. The van der Waals surface area contributed by atoms with Gasteiger partial charge in [0.2, 0.25) is 0 Å². The average Bonchev–Trinajstić information content (AvgIpc) is 3.34. The largest absolute Gasteiger partial charge is 0.493 e. The van der Waals surface area contributed by atoms with E-state index >= 15 is 0 Å². The van der Waals surface area contributed by atoms with Gasteiger partial charge in [0.25, 0.3) is 11.8 Å². The number of fused-ring (bicyclic) bond motifs is 1. The fraction of sp³-hybridized carbons (Fsp3) is 0.273. The Bertz CT molecular complexity index is 1310. The van der Waals surface area contributed by atoms with Crippen molar-refractivity contribution < 1.29 is 14.0 Å². The van der Waals surface area contributed by atoms with E-state index in [1.807, 2.05) is 12.1 Å². The van der Waals surface area contributed by atoms with Crippen molar-refractivity contribution in [1.29, 1.82) is 0 Å². The van der Waals surface area contributed by atoms with Crippen LogP contribution in [0.15, 0.2) is 41.2 Å². The minimum absolute atomic E-state index is 0. The summed E-state index contributed by atoms with van der Waals surface area (Å²) in [6, 6.07) is 8.85. The monoisotopic (exact) mass is 537 g/mol. The minimum Gasteiger partial charge on any atom is -0.493 e. The van der Waals surface area contributed by atoms with E-state index in [0.717, 1.165) is 37.3 Å². The molecule has 2 aromatic heterocycles. The molecule has 0 atom stereocenters. The molecule has 1 aliphatic rings. The molecule has 0 bridgehead atoms. The summed E-state index contributed by atoms with van der Waals surface area (Å²) in [7, 11) is 1.57. The highest BCUT2D eigenvalue weighted by atomic mass is 35.5. The van der Waals surface area contributed by atoms with Crippen LogP contribution in [0.1, 0.15) is 5.89 Å². The standard InChI is InChI=1S/C22H21Cl2N7O3.ClH/c1-32-18-9-14-17(26-12-27-21(14)28-13-2-3-15(23)16(24)8-13)10-19(18)33-11-20-29-22(30-34-20)31-6-4-25-5-7-31;/h2-3,8-10,12,25H,4-7,11H2,1H3,(H,26,27,28);1H. The fourth-order valence-corrected chi connectivity index (χ4v) is 3.88. The zero-order valence-electron chi connectivity index (χ0n) is 18.6. The number of halogens is 3. The number of anilines is 3. The quantitative estimate of drug-likeness (QED) is 0.349. The average molecular weight is 539 g/mol. The van der Waals surface area contributed by atoms with Crippen LogP contribution in [0.5, 0.6) is 11.5 Å². The number of hydrogen-bond acceptors (Lipinski definition) is 10. The summed E-state index contributed by atoms with van der Waals surface area (Å²) in [5, 5.41) is 12.3. The normalized spacial score (nSPS) is 13.4.